The first-order valence-corrected chi connectivity index (χ1v) is 6.51. The minimum Gasteiger partial charge on any atom is -0.426 e. The number of rotatable bonds is 1. The summed E-state index contributed by atoms with van der Waals surface area (Å²) in [7, 11) is 0. The van der Waals surface area contributed by atoms with Crippen LogP contribution in [0.4, 0.5) is 0 Å². The maximum Gasteiger partial charge on any atom is 0.312 e. The van der Waals surface area contributed by atoms with Crippen molar-refractivity contribution in [1.82, 2.24) is 0 Å². The zero-order valence-electron chi connectivity index (χ0n) is 11.1. The Hall–Kier alpha value is -2.09. The highest BCUT2D eigenvalue weighted by molar-refractivity contribution is 5.77. The van der Waals surface area contributed by atoms with Gasteiger partial charge in [-0.3, -0.25) is 4.79 Å². The monoisotopic (exact) mass is 252 g/mol. The molecule has 1 heterocycles. The number of esters is 1. The second kappa shape index (κ2) is 4.54. The third-order valence-corrected chi connectivity index (χ3v) is 3.62. The summed E-state index contributed by atoms with van der Waals surface area (Å²) in [6.07, 6.45) is 0.416. The molecule has 0 spiro atoms. The maximum atomic E-state index is 11.8. The molecule has 0 bridgehead atoms. The van der Waals surface area contributed by atoms with Crippen molar-refractivity contribution < 1.29 is 9.53 Å². The molecule has 2 aromatic rings. The van der Waals surface area contributed by atoms with E-state index >= 15 is 0 Å². The van der Waals surface area contributed by atoms with Crippen LogP contribution < -0.4 is 4.74 Å². The molecule has 0 fully saturated rings. The molecule has 0 amide bonds. The van der Waals surface area contributed by atoms with Gasteiger partial charge in [-0.25, -0.2) is 0 Å². The maximum absolute atomic E-state index is 11.8. The molecule has 0 aliphatic carbocycles. The Kier molecular flexibility index (Phi) is 2.86. The molecule has 1 aliphatic rings. The Balaban J connectivity index is 2.08. The fraction of sp³-hybridized carbons (Fsp3) is 0.235. The molecule has 96 valence electrons. The van der Waals surface area contributed by atoms with Gasteiger partial charge in [-0.1, -0.05) is 42.0 Å². The molecule has 0 saturated heterocycles. The van der Waals surface area contributed by atoms with Gasteiger partial charge in [0.15, 0.2) is 0 Å². The smallest absolute Gasteiger partial charge is 0.312 e. The van der Waals surface area contributed by atoms with Crippen LogP contribution in [0.25, 0.3) is 0 Å². The normalized spacial score (nSPS) is 17.8. The number of aryl methyl sites for hydroxylation is 2. The van der Waals surface area contributed by atoms with E-state index in [4.69, 9.17) is 4.74 Å². The van der Waals surface area contributed by atoms with Crippen molar-refractivity contribution in [3.05, 3.63) is 64.7 Å². The van der Waals surface area contributed by atoms with Crippen molar-refractivity contribution in [1.29, 1.82) is 0 Å². The molecule has 3 rings (SSSR count). The molecule has 0 aromatic heterocycles. The van der Waals surface area contributed by atoms with E-state index in [9.17, 15) is 4.79 Å². The number of carbonyl (C=O) groups excluding carboxylic acids is 1. The Bertz CT molecular complexity index is 626. The largest absolute Gasteiger partial charge is 0.426 e. The highest BCUT2D eigenvalue weighted by Crippen LogP contribution is 2.38. The van der Waals surface area contributed by atoms with Crippen LogP contribution in [0.3, 0.4) is 0 Å². The Morgan fingerprint density at radius 2 is 1.68 bits per heavy atom. The van der Waals surface area contributed by atoms with Gasteiger partial charge in [0, 0.05) is 11.5 Å². The van der Waals surface area contributed by atoms with Crippen LogP contribution in [0.1, 0.15) is 34.6 Å². The standard InChI is InChI=1S/C17H16O2/c1-11-3-6-13(7-4-11)15-10-17(18)19-16-9-12(2)5-8-14(15)16/h3-9,15H,10H2,1-2H3. The van der Waals surface area contributed by atoms with E-state index in [2.05, 4.69) is 43.3 Å². The van der Waals surface area contributed by atoms with E-state index < -0.39 is 0 Å². The first-order chi connectivity index (χ1) is 9.13. The zero-order valence-corrected chi connectivity index (χ0v) is 11.1. The molecule has 0 saturated carbocycles. The molecular formula is C17H16O2. The van der Waals surface area contributed by atoms with Crippen LogP contribution in [0, 0.1) is 13.8 Å². The first-order valence-electron chi connectivity index (χ1n) is 6.51. The fourth-order valence-corrected chi connectivity index (χ4v) is 2.55. The molecule has 2 nitrogen and oxygen atoms in total. The predicted molar refractivity (Wildman–Crippen MR) is 74.5 cm³/mol. The van der Waals surface area contributed by atoms with Gasteiger partial charge in [-0.05, 0) is 31.0 Å². The van der Waals surface area contributed by atoms with Crippen LogP contribution in [0.5, 0.6) is 5.75 Å². The van der Waals surface area contributed by atoms with Gasteiger partial charge in [0.1, 0.15) is 5.75 Å². The second-order valence-corrected chi connectivity index (χ2v) is 5.18. The topological polar surface area (TPSA) is 26.3 Å². The summed E-state index contributed by atoms with van der Waals surface area (Å²) in [5, 5.41) is 0. The minimum absolute atomic E-state index is 0.109. The van der Waals surface area contributed by atoms with E-state index in [0.29, 0.717) is 12.2 Å². The molecular weight excluding hydrogens is 236 g/mol. The SMILES string of the molecule is Cc1ccc(C2CC(=O)Oc3cc(C)ccc32)cc1. The summed E-state index contributed by atoms with van der Waals surface area (Å²) < 4.78 is 5.35. The van der Waals surface area contributed by atoms with Gasteiger partial charge >= 0.3 is 5.97 Å². The van der Waals surface area contributed by atoms with Crippen molar-refractivity contribution in [2.24, 2.45) is 0 Å². The zero-order chi connectivity index (χ0) is 13.4. The Labute approximate surface area is 113 Å². The number of carbonyl (C=O) groups is 1. The molecule has 0 radical (unpaired) electrons. The number of fused-ring (bicyclic) bond motifs is 1. The molecule has 1 unspecified atom stereocenters. The highest BCUT2D eigenvalue weighted by atomic mass is 16.5. The summed E-state index contributed by atoms with van der Waals surface area (Å²) in [4.78, 5) is 11.8. The van der Waals surface area contributed by atoms with E-state index in [1.807, 2.05) is 13.0 Å². The van der Waals surface area contributed by atoms with Crippen LogP contribution in [0.2, 0.25) is 0 Å². The predicted octanol–water partition coefficient (Wildman–Crippen LogP) is 3.74. The summed E-state index contributed by atoms with van der Waals surface area (Å²) >= 11 is 0. The van der Waals surface area contributed by atoms with E-state index in [1.165, 1.54) is 11.1 Å². The Morgan fingerprint density at radius 3 is 2.42 bits per heavy atom. The average molecular weight is 252 g/mol. The van der Waals surface area contributed by atoms with Gasteiger partial charge in [-0.15, -0.1) is 0 Å². The minimum atomic E-state index is -0.149. The molecule has 19 heavy (non-hydrogen) atoms. The van der Waals surface area contributed by atoms with E-state index in [-0.39, 0.29) is 11.9 Å². The van der Waals surface area contributed by atoms with E-state index in [1.54, 1.807) is 0 Å². The number of ether oxygens (including phenoxy) is 1. The van der Waals surface area contributed by atoms with E-state index in [0.717, 1.165) is 11.1 Å². The molecule has 0 N–H and O–H groups in total. The second-order valence-electron chi connectivity index (χ2n) is 5.18. The highest BCUT2D eigenvalue weighted by Gasteiger charge is 2.28. The molecule has 2 aromatic carbocycles. The molecule has 1 aliphatic heterocycles. The fourth-order valence-electron chi connectivity index (χ4n) is 2.55. The number of benzene rings is 2. The van der Waals surface area contributed by atoms with Gasteiger partial charge in [0.25, 0.3) is 0 Å². The van der Waals surface area contributed by atoms with Gasteiger partial charge in [0.2, 0.25) is 0 Å². The van der Waals surface area contributed by atoms with Crippen LogP contribution in [0.15, 0.2) is 42.5 Å². The summed E-state index contributed by atoms with van der Waals surface area (Å²) in [6.45, 7) is 4.07. The molecule has 1 atom stereocenters. The third-order valence-electron chi connectivity index (χ3n) is 3.62. The average Bonchev–Trinajstić information content (AvgIpc) is 2.38. The van der Waals surface area contributed by atoms with Crippen molar-refractivity contribution in [2.45, 2.75) is 26.2 Å². The van der Waals surface area contributed by atoms with Crippen molar-refractivity contribution >= 4 is 5.97 Å². The summed E-state index contributed by atoms with van der Waals surface area (Å²) in [6, 6.07) is 14.4. The lowest BCUT2D eigenvalue weighted by Crippen LogP contribution is -2.21. The van der Waals surface area contributed by atoms with Crippen LogP contribution in [-0.4, -0.2) is 5.97 Å². The van der Waals surface area contributed by atoms with Gasteiger partial charge < -0.3 is 4.74 Å². The number of hydrogen-bond donors (Lipinski definition) is 0. The molecule has 2 heteroatoms. The van der Waals surface area contributed by atoms with Crippen molar-refractivity contribution in [3.8, 4) is 5.75 Å². The van der Waals surface area contributed by atoms with Gasteiger partial charge in [0.05, 0.1) is 6.42 Å². The quantitative estimate of drug-likeness (QED) is 0.571. The summed E-state index contributed by atoms with van der Waals surface area (Å²) in [5.74, 6) is 0.669. The Morgan fingerprint density at radius 1 is 1.00 bits per heavy atom. The third kappa shape index (κ3) is 2.26. The lowest BCUT2D eigenvalue weighted by atomic mass is 9.86. The van der Waals surface area contributed by atoms with Crippen LogP contribution in [-0.2, 0) is 4.79 Å². The van der Waals surface area contributed by atoms with Crippen molar-refractivity contribution in [3.63, 3.8) is 0 Å². The first kappa shape index (κ1) is 12.0. The summed E-state index contributed by atoms with van der Waals surface area (Å²) in [5.41, 5.74) is 4.61. The lowest BCUT2D eigenvalue weighted by molar-refractivity contribution is -0.135. The van der Waals surface area contributed by atoms with Crippen LogP contribution >= 0.6 is 0 Å². The van der Waals surface area contributed by atoms with Crippen molar-refractivity contribution in [2.75, 3.05) is 0 Å². The lowest BCUT2D eigenvalue weighted by Gasteiger charge is -2.25. The number of hydrogen-bond acceptors (Lipinski definition) is 2. The van der Waals surface area contributed by atoms with Gasteiger partial charge in [-0.2, -0.15) is 0 Å².